The zero-order chi connectivity index (χ0) is 19.8. The summed E-state index contributed by atoms with van der Waals surface area (Å²) < 4.78 is 7.23. The number of anilines is 1. The first-order valence-corrected chi connectivity index (χ1v) is 9.72. The SMILES string of the molecule is N#CC[C@H](N)Cc1sc2c(NCc3ccco3)cc(Cl)nc2c1Br.O=CO. The van der Waals surface area contributed by atoms with Gasteiger partial charge < -0.3 is 20.6 Å². The lowest BCUT2D eigenvalue weighted by molar-refractivity contribution is -0.122. The zero-order valence-corrected chi connectivity index (χ0v) is 17.1. The van der Waals surface area contributed by atoms with Crippen molar-refractivity contribution >= 4 is 61.2 Å². The Hall–Kier alpha value is -2.12. The first-order chi connectivity index (χ1) is 13.0. The second kappa shape index (κ2) is 10.3. The minimum absolute atomic E-state index is 0.200. The maximum Gasteiger partial charge on any atom is 0.290 e. The number of pyridine rings is 1. The molecule has 7 nitrogen and oxygen atoms in total. The monoisotopic (exact) mass is 470 g/mol. The molecule has 0 radical (unpaired) electrons. The van der Waals surface area contributed by atoms with Gasteiger partial charge >= 0.3 is 0 Å². The third-order valence-corrected chi connectivity index (χ3v) is 6.00. The summed E-state index contributed by atoms with van der Waals surface area (Å²) in [6.45, 7) is 0.307. The molecule has 1 atom stereocenters. The van der Waals surface area contributed by atoms with Crippen molar-refractivity contribution in [1.29, 1.82) is 5.26 Å². The van der Waals surface area contributed by atoms with E-state index in [0.29, 0.717) is 24.5 Å². The molecule has 0 saturated carbocycles. The van der Waals surface area contributed by atoms with Crippen LogP contribution in [0, 0.1) is 11.3 Å². The first-order valence-electron chi connectivity index (χ1n) is 7.74. The van der Waals surface area contributed by atoms with E-state index in [2.05, 4.69) is 32.3 Å². The number of nitrogens with one attached hydrogen (secondary N) is 1. The average molecular weight is 472 g/mol. The number of nitrogens with zero attached hydrogens (tertiary/aromatic N) is 2. The largest absolute Gasteiger partial charge is 0.483 e. The van der Waals surface area contributed by atoms with Gasteiger partial charge in [0.05, 0.1) is 45.7 Å². The van der Waals surface area contributed by atoms with Gasteiger partial charge in [0.2, 0.25) is 0 Å². The number of nitrogens with two attached hydrogens (primary N) is 1. The molecule has 0 fully saturated rings. The van der Waals surface area contributed by atoms with E-state index in [1.807, 2.05) is 12.1 Å². The molecule has 3 rings (SSSR count). The van der Waals surface area contributed by atoms with Crippen LogP contribution in [0.15, 0.2) is 33.4 Å². The van der Waals surface area contributed by atoms with Crippen molar-refractivity contribution in [2.45, 2.75) is 25.4 Å². The van der Waals surface area contributed by atoms with Crippen molar-refractivity contribution < 1.29 is 14.3 Å². The van der Waals surface area contributed by atoms with E-state index >= 15 is 0 Å². The molecular formula is C17H16BrClN4O3S. The quantitative estimate of drug-likeness (QED) is 0.359. The van der Waals surface area contributed by atoms with Crippen molar-refractivity contribution in [2.75, 3.05) is 5.32 Å². The number of hydrogen-bond donors (Lipinski definition) is 3. The molecule has 3 aromatic rings. The number of carbonyl (C=O) groups is 1. The fourth-order valence-corrected chi connectivity index (χ4v) is 4.57. The van der Waals surface area contributed by atoms with Crippen molar-refractivity contribution in [3.05, 3.63) is 44.7 Å². The third-order valence-electron chi connectivity index (χ3n) is 3.45. The van der Waals surface area contributed by atoms with Crippen LogP contribution in [0.25, 0.3) is 10.2 Å². The molecule has 0 aromatic carbocycles. The van der Waals surface area contributed by atoms with E-state index < -0.39 is 0 Å². The molecule has 0 aliphatic carbocycles. The fourth-order valence-electron chi connectivity index (χ4n) is 2.34. The van der Waals surface area contributed by atoms with Crippen LogP contribution in [0.3, 0.4) is 0 Å². The van der Waals surface area contributed by atoms with E-state index in [0.717, 1.165) is 31.0 Å². The lowest BCUT2D eigenvalue weighted by atomic mass is 10.1. The number of fused-ring (bicyclic) bond motifs is 1. The molecular weight excluding hydrogens is 456 g/mol. The molecule has 142 valence electrons. The Bertz CT molecular complexity index is 940. The highest BCUT2D eigenvalue weighted by Gasteiger charge is 2.17. The van der Waals surface area contributed by atoms with Gasteiger partial charge in [0, 0.05) is 17.0 Å². The average Bonchev–Trinajstić information content (AvgIpc) is 3.24. The Morgan fingerprint density at radius 1 is 1.59 bits per heavy atom. The standard InChI is InChI=1S/C16H14BrClN4OS.CH2O2/c17-14-12(6-9(20)3-4-19)24-16-11(7-13(18)22-15(14)16)21-8-10-2-1-5-23-10;2-1-3/h1-2,5,7,9H,3,6,8,20H2,(H,21,22);1H,(H,2,3)/t9-;/m0./s1. The third kappa shape index (κ3) is 5.68. The van der Waals surface area contributed by atoms with Crippen LogP contribution in [0.2, 0.25) is 5.15 Å². The van der Waals surface area contributed by atoms with Gasteiger partial charge in [-0.3, -0.25) is 4.79 Å². The molecule has 0 aliphatic heterocycles. The van der Waals surface area contributed by atoms with E-state index in [-0.39, 0.29) is 12.5 Å². The summed E-state index contributed by atoms with van der Waals surface area (Å²) in [4.78, 5) is 13.8. The molecule has 27 heavy (non-hydrogen) atoms. The first kappa shape index (κ1) is 21.2. The second-order valence-corrected chi connectivity index (χ2v) is 7.66. The van der Waals surface area contributed by atoms with Crippen molar-refractivity contribution in [3.8, 4) is 6.07 Å². The summed E-state index contributed by atoms with van der Waals surface area (Å²) in [5.41, 5.74) is 7.68. The number of nitriles is 1. The van der Waals surface area contributed by atoms with Crippen molar-refractivity contribution in [3.63, 3.8) is 0 Å². The normalized spacial score (nSPS) is 11.3. The molecule has 4 N–H and O–H groups in total. The van der Waals surface area contributed by atoms with Crippen LogP contribution in [-0.4, -0.2) is 22.6 Å². The predicted molar refractivity (Wildman–Crippen MR) is 109 cm³/mol. The van der Waals surface area contributed by atoms with Crippen LogP contribution in [-0.2, 0) is 17.8 Å². The molecule has 0 spiro atoms. The van der Waals surface area contributed by atoms with Gasteiger partial charge in [-0.05, 0) is 34.5 Å². The smallest absolute Gasteiger partial charge is 0.290 e. The maximum absolute atomic E-state index is 8.78. The predicted octanol–water partition coefficient (Wildman–Crippen LogP) is 4.40. The second-order valence-electron chi connectivity index (χ2n) is 5.37. The topological polar surface area (TPSA) is 125 Å². The number of hydrogen-bond acceptors (Lipinski definition) is 7. The number of thiophene rings is 1. The molecule has 0 saturated heterocycles. The Morgan fingerprint density at radius 2 is 2.33 bits per heavy atom. The number of aromatic nitrogens is 1. The van der Waals surface area contributed by atoms with E-state index in [9.17, 15) is 0 Å². The summed E-state index contributed by atoms with van der Waals surface area (Å²) in [5, 5.41) is 19.4. The van der Waals surface area contributed by atoms with Gasteiger partial charge in [0.25, 0.3) is 6.47 Å². The molecule has 0 amide bonds. The van der Waals surface area contributed by atoms with Gasteiger partial charge in [0.1, 0.15) is 10.9 Å². The van der Waals surface area contributed by atoms with E-state index in [1.54, 1.807) is 23.7 Å². The van der Waals surface area contributed by atoms with Crippen LogP contribution < -0.4 is 11.1 Å². The Labute approximate surface area is 172 Å². The van der Waals surface area contributed by atoms with Crippen LogP contribution in [0.4, 0.5) is 5.69 Å². The molecule has 0 unspecified atom stereocenters. The van der Waals surface area contributed by atoms with E-state index in [4.69, 9.17) is 36.9 Å². The summed E-state index contributed by atoms with van der Waals surface area (Å²) in [7, 11) is 0. The maximum atomic E-state index is 8.78. The fraction of sp³-hybridized carbons (Fsp3) is 0.235. The Morgan fingerprint density at radius 3 is 2.96 bits per heavy atom. The lowest BCUT2D eigenvalue weighted by Gasteiger charge is -2.06. The highest BCUT2D eigenvalue weighted by atomic mass is 79.9. The summed E-state index contributed by atoms with van der Waals surface area (Å²) in [6.07, 6.45) is 2.57. The van der Waals surface area contributed by atoms with Gasteiger partial charge in [-0.15, -0.1) is 11.3 Å². The van der Waals surface area contributed by atoms with Gasteiger partial charge in [-0.2, -0.15) is 5.26 Å². The van der Waals surface area contributed by atoms with Gasteiger partial charge in [-0.25, -0.2) is 4.98 Å². The number of carboxylic acid groups (broad SMARTS) is 1. The number of halogens is 2. The highest BCUT2D eigenvalue weighted by molar-refractivity contribution is 9.10. The summed E-state index contributed by atoms with van der Waals surface area (Å²) in [5.74, 6) is 0.836. The van der Waals surface area contributed by atoms with Gasteiger partial charge in [0.15, 0.2) is 0 Å². The minimum Gasteiger partial charge on any atom is -0.483 e. The number of rotatable bonds is 6. The van der Waals surface area contributed by atoms with Crippen molar-refractivity contribution in [2.24, 2.45) is 5.73 Å². The number of furan rings is 1. The molecule has 3 aromatic heterocycles. The van der Waals surface area contributed by atoms with Crippen LogP contribution in [0.5, 0.6) is 0 Å². The zero-order valence-electron chi connectivity index (χ0n) is 14.0. The molecule has 0 aliphatic rings. The van der Waals surface area contributed by atoms with Crippen molar-refractivity contribution in [1.82, 2.24) is 4.98 Å². The van der Waals surface area contributed by atoms with Gasteiger partial charge in [-0.1, -0.05) is 11.6 Å². The lowest BCUT2D eigenvalue weighted by Crippen LogP contribution is -2.21. The summed E-state index contributed by atoms with van der Waals surface area (Å²) in [6, 6.07) is 7.46. The highest BCUT2D eigenvalue weighted by Crippen LogP contribution is 2.40. The molecule has 10 heteroatoms. The van der Waals surface area contributed by atoms with Crippen LogP contribution in [0.1, 0.15) is 17.1 Å². The minimum atomic E-state index is -0.250. The Kier molecular flexibility index (Phi) is 8.06. The Balaban J connectivity index is 0.000000817. The van der Waals surface area contributed by atoms with E-state index in [1.165, 1.54) is 0 Å². The molecule has 3 heterocycles. The van der Waals surface area contributed by atoms with Crippen LogP contribution >= 0.6 is 38.9 Å². The summed E-state index contributed by atoms with van der Waals surface area (Å²) >= 11 is 11.4. The molecule has 0 bridgehead atoms.